The molecule has 1 fully saturated rings. The van der Waals surface area contributed by atoms with Crippen molar-refractivity contribution in [1.82, 2.24) is 20.8 Å². The summed E-state index contributed by atoms with van der Waals surface area (Å²) >= 11 is 0. The van der Waals surface area contributed by atoms with Crippen LogP contribution in [0.1, 0.15) is 30.5 Å². The summed E-state index contributed by atoms with van der Waals surface area (Å²) in [6.07, 6.45) is 2.22. The van der Waals surface area contributed by atoms with Crippen LogP contribution in [0, 0.1) is 0 Å². The summed E-state index contributed by atoms with van der Waals surface area (Å²) < 4.78 is 5.11. The average Bonchev–Trinajstić information content (AvgIpc) is 2.68. The van der Waals surface area contributed by atoms with Crippen molar-refractivity contribution in [3.8, 4) is 0 Å². The molecule has 0 unspecified atom stereocenters. The van der Waals surface area contributed by atoms with Gasteiger partial charge in [0.2, 0.25) is 5.89 Å². The van der Waals surface area contributed by atoms with Crippen molar-refractivity contribution in [1.29, 1.82) is 0 Å². The van der Waals surface area contributed by atoms with Gasteiger partial charge in [-0.2, -0.15) is 4.98 Å². The van der Waals surface area contributed by atoms with Crippen LogP contribution < -0.4 is 10.6 Å². The van der Waals surface area contributed by atoms with Crippen molar-refractivity contribution < 1.29 is 4.52 Å². The molecule has 0 saturated carbocycles. The van der Waals surface area contributed by atoms with Crippen molar-refractivity contribution in [2.45, 2.75) is 25.3 Å². The van der Waals surface area contributed by atoms with Crippen LogP contribution in [0.25, 0.3) is 0 Å². The Labute approximate surface area is 83.3 Å². The molecule has 2 N–H and O–H groups in total. The third kappa shape index (κ3) is 2.10. The molecule has 14 heavy (non-hydrogen) atoms. The lowest BCUT2D eigenvalue weighted by Crippen LogP contribution is -2.27. The largest absolute Gasteiger partial charge is 0.338 e. The smallest absolute Gasteiger partial charge is 0.240 e. The molecule has 0 spiro atoms. The van der Waals surface area contributed by atoms with E-state index in [1.807, 2.05) is 7.05 Å². The Morgan fingerprint density at radius 2 is 2.29 bits per heavy atom. The van der Waals surface area contributed by atoms with Crippen LogP contribution in [0.4, 0.5) is 0 Å². The zero-order chi connectivity index (χ0) is 9.80. The molecule has 2 heterocycles. The first-order valence-corrected chi connectivity index (χ1v) is 5.08. The second-order valence-electron chi connectivity index (χ2n) is 3.60. The molecule has 0 amide bonds. The molecular formula is C9H16N4O. The van der Waals surface area contributed by atoms with Gasteiger partial charge < -0.3 is 15.2 Å². The quantitative estimate of drug-likeness (QED) is 0.726. The SMILES string of the molecule is CNCc1nc(C2CCNCC2)no1. The minimum atomic E-state index is 0.477. The summed E-state index contributed by atoms with van der Waals surface area (Å²) in [4.78, 5) is 4.36. The van der Waals surface area contributed by atoms with E-state index in [9.17, 15) is 0 Å². The minimum absolute atomic E-state index is 0.477. The molecule has 1 aliphatic rings. The zero-order valence-electron chi connectivity index (χ0n) is 8.42. The van der Waals surface area contributed by atoms with Gasteiger partial charge in [-0.3, -0.25) is 0 Å². The van der Waals surface area contributed by atoms with Gasteiger partial charge in [-0.1, -0.05) is 5.16 Å². The van der Waals surface area contributed by atoms with Gasteiger partial charge in [0.25, 0.3) is 0 Å². The minimum Gasteiger partial charge on any atom is -0.338 e. The number of hydrogen-bond acceptors (Lipinski definition) is 5. The van der Waals surface area contributed by atoms with Gasteiger partial charge in [-0.05, 0) is 33.0 Å². The number of piperidine rings is 1. The van der Waals surface area contributed by atoms with Gasteiger partial charge in [0, 0.05) is 5.92 Å². The van der Waals surface area contributed by atoms with Gasteiger partial charge >= 0.3 is 0 Å². The van der Waals surface area contributed by atoms with Crippen LogP contribution in [0.15, 0.2) is 4.52 Å². The summed E-state index contributed by atoms with van der Waals surface area (Å²) in [7, 11) is 1.87. The van der Waals surface area contributed by atoms with E-state index in [-0.39, 0.29) is 0 Å². The number of nitrogens with zero attached hydrogens (tertiary/aromatic N) is 2. The molecule has 0 aromatic carbocycles. The highest BCUT2D eigenvalue weighted by Gasteiger charge is 2.20. The van der Waals surface area contributed by atoms with Gasteiger partial charge in [-0.15, -0.1) is 0 Å². The first kappa shape index (κ1) is 9.61. The summed E-state index contributed by atoms with van der Waals surface area (Å²) in [6, 6.07) is 0. The van der Waals surface area contributed by atoms with E-state index >= 15 is 0 Å². The molecule has 2 rings (SSSR count). The monoisotopic (exact) mass is 196 g/mol. The van der Waals surface area contributed by atoms with Crippen LogP contribution in [-0.2, 0) is 6.54 Å². The molecule has 5 heteroatoms. The van der Waals surface area contributed by atoms with E-state index < -0.39 is 0 Å². The highest BCUT2D eigenvalue weighted by Crippen LogP contribution is 2.22. The first-order chi connectivity index (χ1) is 6.90. The highest BCUT2D eigenvalue weighted by atomic mass is 16.5. The molecular weight excluding hydrogens is 180 g/mol. The van der Waals surface area contributed by atoms with Crippen LogP contribution >= 0.6 is 0 Å². The Balaban J connectivity index is 2.00. The summed E-state index contributed by atoms with van der Waals surface area (Å²) in [6.45, 7) is 2.76. The van der Waals surface area contributed by atoms with E-state index in [4.69, 9.17) is 4.52 Å². The fraction of sp³-hybridized carbons (Fsp3) is 0.778. The van der Waals surface area contributed by atoms with Crippen LogP contribution in [0.3, 0.4) is 0 Å². The molecule has 0 aliphatic carbocycles. The second-order valence-corrected chi connectivity index (χ2v) is 3.60. The van der Waals surface area contributed by atoms with E-state index in [0.717, 1.165) is 31.8 Å². The molecule has 1 saturated heterocycles. The average molecular weight is 196 g/mol. The maximum atomic E-state index is 5.11. The standard InChI is InChI=1S/C9H16N4O/c1-10-6-8-12-9(13-14-8)7-2-4-11-5-3-7/h7,10-11H,2-6H2,1H3. The first-order valence-electron chi connectivity index (χ1n) is 5.08. The fourth-order valence-electron chi connectivity index (χ4n) is 1.74. The molecule has 1 aliphatic heterocycles. The summed E-state index contributed by atoms with van der Waals surface area (Å²) in [5.41, 5.74) is 0. The topological polar surface area (TPSA) is 63.0 Å². The van der Waals surface area contributed by atoms with E-state index in [1.165, 1.54) is 0 Å². The molecule has 1 aromatic heterocycles. The van der Waals surface area contributed by atoms with Crippen LogP contribution in [-0.4, -0.2) is 30.3 Å². The van der Waals surface area contributed by atoms with Gasteiger partial charge in [-0.25, -0.2) is 0 Å². The maximum Gasteiger partial charge on any atom is 0.240 e. The normalized spacial score (nSPS) is 18.6. The van der Waals surface area contributed by atoms with Gasteiger partial charge in [0.15, 0.2) is 5.82 Å². The zero-order valence-corrected chi connectivity index (χ0v) is 8.42. The Kier molecular flexibility index (Phi) is 3.10. The lowest BCUT2D eigenvalue weighted by molar-refractivity contribution is 0.356. The Morgan fingerprint density at radius 3 is 3.00 bits per heavy atom. The third-order valence-electron chi connectivity index (χ3n) is 2.52. The Hall–Kier alpha value is -0.940. The number of hydrogen-bond donors (Lipinski definition) is 2. The highest BCUT2D eigenvalue weighted by molar-refractivity contribution is 4.97. The van der Waals surface area contributed by atoms with Crippen molar-refractivity contribution in [3.63, 3.8) is 0 Å². The van der Waals surface area contributed by atoms with E-state index in [1.54, 1.807) is 0 Å². The lowest BCUT2D eigenvalue weighted by atomic mass is 9.98. The predicted octanol–water partition coefficient (Wildman–Crippen LogP) is 0.256. The van der Waals surface area contributed by atoms with Gasteiger partial charge in [0.1, 0.15) is 0 Å². The molecule has 78 valence electrons. The van der Waals surface area contributed by atoms with Gasteiger partial charge in [0.05, 0.1) is 6.54 Å². The Bertz CT molecular complexity index is 280. The van der Waals surface area contributed by atoms with Crippen molar-refractivity contribution >= 4 is 0 Å². The lowest BCUT2D eigenvalue weighted by Gasteiger charge is -2.18. The van der Waals surface area contributed by atoms with Crippen molar-refractivity contribution in [2.75, 3.05) is 20.1 Å². The van der Waals surface area contributed by atoms with E-state index in [0.29, 0.717) is 18.4 Å². The van der Waals surface area contributed by atoms with Crippen molar-refractivity contribution in [2.24, 2.45) is 0 Å². The van der Waals surface area contributed by atoms with Crippen LogP contribution in [0.2, 0.25) is 0 Å². The summed E-state index contributed by atoms with van der Waals surface area (Å²) in [5.74, 6) is 2.03. The molecule has 0 radical (unpaired) electrons. The molecule has 0 bridgehead atoms. The second kappa shape index (κ2) is 4.52. The number of nitrogens with one attached hydrogen (secondary N) is 2. The van der Waals surface area contributed by atoms with Crippen LogP contribution in [0.5, 0.6) is 0 Å². The Morgan fingerprint density at radius 1 is 1.50 bits per heavy atom. The van der Waals surface area contributed by atoms with Crippen molar-refractivity contribution in [3.05, 3.63) is 11.7 Å². The van der Waals surface area contributed by atoms with E-state index in [2.05, 4.69) is 20.8 Å². The summed E-state index contributed by atoms with van der Waals surface area (Å²) in [5, 5.41) is 10.3. The maximum absolute atomic E-state index is 5.11. The fourth-order valence-corrected chi connectivity index (χ4v) is 1.74. The molecule has 5 nitrogen and oxygen atoms in total. The number of rotatable bonds is 3. The molecule has 1 aromatic rings. The predicted molar refractivity (Wildman–Crippen MR) is 51.9 cm³/mol. The third-order valence-corrected chi connectivity index (χ3v) is 2.52. The molecule has 0 atom stereocenters. The number of aromatic nitrogens is 2.